The zero-order valence-corrected chi connectivity index (χ0v) is 12.0. The van der Waals surface area contributed by atoms with E-state index in [1.165, 1.54) is 12.8 Å². The topological polar surface area (TPSA) is 70.5 Å². The third-order valence-electron chi connectivity index (χ3n) is 4.64. The molecule has 1 fully saturated rings. The van der Waals surface area contributed by atoms with Crippen molar-refractivity contribution >= 4 is 5.82 Å². The number of nitrogens with zero attached hydrogens (tertiary/aromatic N) is 1. The first-order chi connectivity index (χ1) is 10.2. The van der Waals surface area contributed by atoms with Gasteiger partial charge in [-0.15, -0.1) is 0 Å². The Hall–Kier alpha value is -2.17. The van der Waals surface area contributed by atoms with Crippen molar-refractivity contribution in [2.45, 2.75) is 38.0 Å². The van der Waals surface area contributed by atoms with Crippen LogP contribution >= 0.6 is 0 Å². The van der Waals surface area contributed by atoms with Crippen molar-refractivity contribution in [1.82, 2.24) is 5.16 Å². The molecule has 5 heteroatoms. The minimum atomic E-state index is 0.0241. The second-order valence-corrected chi connectivity index (χ2v) is 6.11. The lowest BCUT2D eigenvalue weighted by Crippen LogP contribution is -2.17. The van der Waals surface area contributed by atoms with Gasteiger partial charge in [-0.25, -0.2) is 0 Å². The summed E-state index contributed by atoms with van der Waals surface area (Å²) in [6.45, 7) is 2.50. The number of hydrogen-bond acceptors (Lipinski definition) is 5. The third kappa shape index (κ3) is 1.87. The first-order valence-corrected chi connectivity index (χ1v) is 7.33. The van der Waals surface area contributed by atoms with Gasteiger partial charge in [0.15, 0.2) is 23.1 Å². The summed E-state index contributed by atoms with van der Waals surface area (Å²) >= 11 is 0. The van der Waals surface area contributed by atoms with E-state index >= 15 is 0 Å². The minimum absolute atomic E-state index is 0.0241. The lowest BCUT2D eigenvalue weighted by Gasteiger charge is -2.21. The van der Waals surface area contributed by atoms with E-state index in [1.54, 1.807) is 0 Å². The van der Waals surface area contributed by atoms with Gasteiger partial charge in [-0.05, 0) is 30.5 Å². The molecule has 0 saturated heterocycles. The second-order valence-electron chi connectivity index (χ2n) is 6.11. The Morgan fingerprint density at radius 2 is 1.90 bits per heavy atom. The monoisotopic (exact) mass is 286 g/mol. The van der Waals surface area contributed by atoms with Crippen LogP contribution in [-0.4, -0.2) is 11.9 Å². The Kier molecular flexibility index (Phi) is 2.64. The molecule has 0 unspecified atom stereocenters. The van der Waals surface area contributed by atoms with Gasteiger partial charge in [0.25, 0.3) is 0 Å². The van der Waals surface area contributed by atoms with Crippen molar-refractivity contribution < 1.29 is 14.0 Å². The van der Waals surface area contributed by atoms with Gasteiger partial charge in [0.05, 0.1) is 5.56 Å². The van der Waals surface area contributed by atoms with E-state index < -0.39 is 0 Å². The fraction of sp³-hybridized carbons (Fsp3) is 0.438. The molecule has 2 N–H and O–H groups in total. The molecule has 0 amide bonds. The van der Waals surface area contributed by atoms with Gasteiger partial charge < -0.3 is 19.7 Å². The summed E-state index contributed by atoms with van der Waals surface area (Å²) in [4.78, 5) is 0. The van der Waals surface area contributed by atoms with Crippen molar-refractivity contribution in [2.75, 3.05) is 12.5 Å². The highest BCUT2D eigenvalue weighted by Crippen LogP contribution is 2.47. The van der Waals surface area contributed by atoms with Crippen LogP contribution in [0.3, 0.4) is 0 Å². The number of benzene rings is 1. The van der Waals surface area contributed by atoms with Crippen LogP contribution < -0.4 is 15.2 Å². The number of nitrogens with two attached hydrogens (primary N) is 1. The maximum atomic E-state index is 6.07. The maximum absolute atomic E-state index is 6.07. The number of anilines is 1. The Morgan fingerprint density at radius 1 is 1.14 bits per heavy atom. The largest absolute Gasteiger partial charge is 0.454 e. The number of rotatable bonds is 2. The van der Waals surface area contributed by atoms with E-state index in [9.17, 15) is 0 Å². The smallest absolute Gasteiger partial charge is 0.231 e. The highest BCUT2D eigenvalue weighted by atomic mass is 16.7. The SMILES string of the molecule is CC1(c2onc(N)c2-c2ccc3c(c2)OCO3)CCCC1. The molecule has 1 aliphatic carbocycles. The summed E-state index contributed by atoms with van der Waals surface area (Å²) in [6.07, 6.45) is 4.66. The van der Waals surface area contributed by atoms with Gasteiger partial charge >= 0.3 is 0 Å². The molecular weight excluding hydrogens is 268 g/mol. The Bertz CT molecular complexity index is 687. The number of nitrogen functional groups attached to an aromatic ring is 1. The summed E-state index contributed by atoms with van der Waals surface area (Å²) < 4.78 is 16.4. The Labute approximate surface area is 123 Å². The summed E-state index contributed by atoms with van der Waals surface area (Å²) in [7, 11) is 0. The Balaban J connectivity index is 1.83. The van der Waals surface area contributed by atoms with Crippen molar-refractivity contribution in [1.29, 1.82) is 0 Å². The minimum Gasteiger partial charge on any atom is -0.454 e. The van der Waals surface area contributed by atoms with Crippen LogP contribution in [-0.2, 0) is 5.41 Å². The molecule has 1 aromatic carbocycles. The van der Waals surface area contributed by atoms with E-state index in [0.717, 1.165) is 41.2 Å². The summed E-state index contributed by atoms with van der Waals surface area (Å²) in [5.41, 5.74) is 7.97. The standard InChI is InChI=1S/C16H18N2O3/c1-16(6-2-3-7-16)14-13(15(17)18-21-14)10-4-5-11-12(8-10)20-9-19-11/h4-5,8H,2-3,6-7,9H2,1H3,(H2,17,18). The first kappa shape index (κ1) is 12.6. The number of aromatic nitrogens is 1. The lowest BCUT2D eigenvalue weighted by atomic mass is 9.82. The van der Waals surface area contributed by atoms with Gasteiger partial charge in [-0.1, -0.05) is 31.0 Å². The van der Waals surface area contributed by atoms with Crippen molar-refractivity contribution in [3.63, 3.8) is 0 Å². The highest BCUT2D eigenvalue weighted by Gasteiger charge is 2.38. The zero-order chi connectivity index (χ0) is 14.4. The average molecular weight is 286 g/mol. The number of fused-ring (bicyclic) bond motifs is 1. The van der Waals surface area contributed by atoms with Crippen LogP contribution in [0.5, 0.6) is 11.5 Å². The highest BCUT2D eigenvalue weighted by molar-refractivity contribution is 5.78. The summed E-state index contributed by atoms with van der Waals surface area (Å²) in [5.74, 6) is 2.85. The molecule has 4 rings (SSSR count). The quantitative estimate of drug-likeness (QED) is 0.915. The van der Waals surface area contributed by atoms with Gasteiger partial charge in [-0.2, -0.15) is 0 Å². The molecule has 1 aliphatic heterocycles. The summed E-state index contributed by atoms with van der Waals surface area (Å²) in [6, 6.07) is 5.84. The van der Waals surface area contributed by atoms with Gasteiger partial charge in [0, 0.05) is 5.41 Å². The normalized spacial score (nSPS) is 19.1. The summed E-state index contributed by atoms with van der Waals surface area (Å²) in [5, 5.41) is 4.01. The van der Waals surface area contributed by atoms with Crippen LogP contribution in [0, 0.1) is 0 Å². The zero-order valence-electron chi connectivity index (χ0n) is 12.0. The van der Waals surface area contributed by atoms with E-state index in [-0.39, 0.29) is 12.2 Å². The molecule has 0 radical (unpaired) electrons. The van der Waals surface area contributed by atoms with Crippen molar-refractivity contribution in [2.24, 2.45) is 0 Å². The van der Waals surface area contributed by atoms with E-state index in [0.29, 0.717) is 5.82 Å². The van der Waals surface area contributed by atoms with Crippen LogP contribution in [0.1, 0.15) is 38.4 Å². The fourth-order valence-corrected chi connectivity index (χ4v) is 3.43. The fourth-order valence-electron chi connectivity index (χ4n) is 3.43. The molecular formula is C16H18N2O3. The molecule has 2 aromatic rings. The maximum Gasteiger partial charge on any atom is 0.231 e. The van der Waals surface area contributed by atoms with Gasteiger partial charge in [0.1, 0.15) is 0 Å². The van der Waals surface area contributed by atoms with Crippen LogP contribution in [0.2, 0.25) is 0 Å². The van der Waals surface area contributed by atoms with Gasteiger partial charge in [-0.3, -0.25) is 0 Å². The predicted octanol–water partition coefficient (Wildman–Crippen LogP) is 3.48. The Morgan fingerprint density at radius 3 is 2.71 bits per heavy atom. The lowest BCUT2D eigenvalue weighted by molar-refractivity contribution is 0.174. The molecule has 2 aliphatic rings. The van der Waals surface area contributed by atoms with E-state index in [4.69, 9.17) is 19.7 Å². The van der Waals surface area contributed by atoms with Crippen LogP contribution in [0.4, 0.5) is 5.82 Å². The van der Waals surface area contributed by atoms with Crippen LogP contribution in [0.25, 0.3) is 11.1 Å². The van der Waals surface area contributed by atoms with E-state index in [1.807, 2.05) is 18.2 Å². The molecule has 2 heterocycles. The first-order valence-electron chi connectivity index (χ1n) is 7.33. The molecule has 110 valence electrons. The second kappa shape index (κ2) is 4.41. The van der Waals surface area contributed by atoms with Crippen LogP contribution in [0.15, 0.2) is 22.7 Å². The van der Waals surface area contributed by atoms with Crippen molar-refractivity contribution in [3.05, 3.63) is 24.0 Å². The molecule has 5 nitrogen and oxygen atoms in total. The number of ether oxygens (including phenoxy) is 2. The van der Waals surface area contributed by atoms with Gasteiger partial charge in [0.2, 0.25) is 6.79 Å². The number of hydrogen-bond donors (Lipinski definition) is 1. The molecule has 1 aromatic heterocycles. The molecule has 0 bridgehead atoms. The predicted molar refractivity (Wildman–Crippen MR) is 78.3 cm³/mol. The molecule has 0 spiro atoms. The van der Waals surface area contributed by atoms with Crippen molar-refractivity contribution in [3.8, 4) is 22.6 Å². The molecule has 21 heavy (non-hydrogen) atoms. The molecule has 1 saturated carbocycles. The third-order valence-corrected chi connectivity index (χ3v) is 4.64. The average Bonchev–Trinajstić information content (AvgIpc) is 3.17. The van der Waals surface area contributed by atoms with E-state index in [2.05, 4.69) is 12.1 Å². The molecule has 0 atom stereocenters.